The van der Waals surface area contributed by atoms with Crippen LogP contribution in [0.25, 0.3) is 11.4 Å². The molecule has 0 saturated carbocycles. The van der Waals surface area contributed by atoms with Crippen molar-refractivity contribution < 1.29 is 9.66 Å². The van der Waals surface area contributed by atoms with E-state index in [1.807, 2.05) is 0 Å². The van der Waals surface area contributed by atoms with Crippen LogP contribution in [0.15, 0.2) is 82.7 Å². The molecule has 0 unspecified atom stereocenters. The molecular formula is C19H12BrN5O4. The third-order valence-corrected chi connectivity index (χ3v) is 4.56. The predicted octanol–water partition coefficient (Wildman–Crippen LogP) is 3.88. The van der Waals surface area contributed by atoms with Crippen LogP contribution in [0, 0.1) is 10.1 Å². The summed E-state index contributed by atoms with van der Waals surface area (Å²) in [5.74, 6) is 0.506. The monoisotopic (exact) mass is 453 g/mol. The zero-order valence-corrected chi connectivity index (χ0v) is 16.3. The minimum Gasteiger partial charge on any atom is -0.449 e. The van der Waals surface area contributed by atoms with Gasteiger partial charge in [0.15, 0.2) is 0 Å². The number of nitro groups is 1. The lowest BCUT2D eigenvalue weighted by Gasteiger charge is -2.13. The summed E-state index contributed by atoms with van der Waals surface area (Å²) < 4.78 is 9.50. The second kappa shape index (κ2) is 7.68. The molecule has 4 rings (SSSR count). The summed E-state index contributed by atoms with van der Waals surface area (Å²) in [5, 5.41) is 15.1. The maximum atomic E-state index is 13.2. The number of non-ortho nitro benzene ring substituents is 1. The number of aromatic nitrogens is 4. The quantitative estimate of drug-likeness (QED) is 0.335. The van der Waals surface area contributed by atoms with Crippen LogP contribution < -0.4 is 10.3 Å². The van der Waals surface area contributed by atoms with E-state index in [-0.39, 0.29) is 11.4 Å². The van der Waals surface area contributed by atoms with Crippen LogP contribution >= 0.6 is 15.9 Å². The topological polar surface area (TPSA) is 105 Å². The average Bonchev–Trinajstić information content (AvgIpc) is 3.26. The van der Waals surface area contributed by atoms with E-state index in [9.17, 15) is 14.9 Å². The first kappa shape index (κ1) is 18.6. The lowest BCUT2D eigenvalue weighted by Crippen LogP contribution is -2.23. The van der Waals surface area contributed by atoms with Crippen LogP contribution in [0.2, 0.25) is 0 Å². The molecular weight excluding hydrogens is 442 g/mol. The minimum absolute atomic E-state index is 0.0404. The molecule has 0 aliphatic carbocycles. The maximum Gasteiger partial charge on any atom is 0.316 e. The van der Waals surface area contributed by atoms with Crippen LogP contribution in [0.4, 0.5) is 5.69 Å². The van der Waals surface area contributed by atoms with Gasteiger partial charge in [-0.15, -0.1) is 0 Å². The van der Waals surface area contributed by atoms with E-state index in [0.717, 1.165) is 9.15 Å². The number of hydrogen-bond acceptors (Lipinski definition) is 6. The molecule has 2 aromatic carbocycles. The van der Waals surface area contributed by atoms with Gasteiger partial charge in [-0.2, -0.15) is 9.78 Å². The second-order valence-electron chi connectivity index (χ2n) is 5.88. The molecule has 2 heterocycles. The summed E-state index contributed by atoms with van der Waals surface area (Å²) in [5.41, 5.74) is 0.183. The molecule has 0 radical (unpaired) electrons. The van der Waals surface area contributed by atoms with E-state index >= 15 is 0 Å². The minimum atomic E-state index is -0.520. The fourth-order valence-electron chi connectivity index (χ4n) is 2.63. The maximum absolute atomic E-state index is 13.2. The SMILES string of the molecule is O=c1c(Oc2ccc(Br)cc2)c(-n2ccnc2)cnn1-c1ccc([N+](=O)[O-])cc1. The van der Waals surface area contributed by atoms with Gasteiger partial charge in [-0.1, -0.05) is 15.9 Å². The van der Waals surface area contributed by atoms with Gasteiger partial charge in [0.05, 0.1) is 23.1 Å². The Kier molecular flexibility index (Phi) is 4.92. The fraction of sp³-hybridized carbons (Fsp3) is 0. The Morgan fingerprint density at radius 1 is 1.07 bits per heavy atom. The van der Waals surface area contributed by atoms with Crippen molar-refractivity contribution in [2.45, 2.75) is 0 Å². The first-order valence-corrected chi connectivity index (χ1v) is 9.11. The highest BCUT2D eigenvalue weighted by Gasteiger charge is 2.17. The Labute approximate surface area is 172 Å². The first-order valence-electron chi connectivity index (χ1n) is 8.32. The van der Waals surface area contributed by atoms with Gasteiger partial charge in [0.2, 0.25) is 5.75 Å². The second-order valence-corrected chi connectivity index (χ2v) is 6.79. The summed E-state index contributed by atoms with van der Waals surface area (Å²) in [7, 11) is 0. The fourth-order valence-corrected chi connectivity index (χ4v) is 2.90. The Morgan fingerprint density at radius 2 is 1.79 bits per heavy atom. The van der Waals surface area contributed by atoms with Crippen molar-refractivity contribution in [2.75, 3.05) is 0 Å². The first-order chi connectivity index (χ1) is 14.0. The molecule has 0 N–H and O–H groups in total. The van der Waals surface area contributed by atoms with Crippen molar-refractivity contribution >= 4 is 21.6 Å². The van der Waals surface area contributed by atoms with E-state index in [0.29, 0.717) is 17.1 Å². The highest BCUT2D eigenvalue weighted by Crippen LogP contribution is 2.26. The summed E-state index contributed by atoms with van der Waals surface area (Å²) in [6.45, 7) is 0. The third kappa shape index (κ3) is 3.78. The van der Waals surface area contributed by atoms with Gasteiger partial charge in [0.1, 0.15) is 11.4 Å². The smallest absolute Gasteiger partial charge is 0.316 e. The summed E-state index contributed by atoms with van der Waals surface area (Å²) in [6.07, 6.45) is 6.24. The Balaban J connectivity index is 1.83. The Hall–Kier alpha value is -3.79. The summed E-state index contributed by atoms with van der Waals surface area (Å²) in [6, 6.07) is 12.5. The molecule has 0 aliphatic heterocycles. The normalized spacial score (nSPS) is 10.7. The molecule has 0 aliphatic rings. The van der Waals surface area contributed by atoms with Gasteiger partial charge in [0, 0.05) is 29.0 Å². The van der Waals surface area contributed by atoms with Crippen LogP contribution in [0.3, 0.4) is 0 Å². The standard InChI is InChI=1S/C19H12BrN5O4/c20-13-1-7-16(8-2-13)29-18-17(23-10-9-21-12-23)11-22-24(19(18)26)14-3-5-15(6-4-14)25(27)28/h1-12H. The molecule has 2 aromatic heterocycles. The number of benzene rings is 2. The van der Waals surface area contributed by atoms with E-state index in [1.54, 1.807) is 41.2 Å². The van der Waals surface area contributed by atoms with Gasteiger partial charge in [-0.3, -0.25) is 14.9 Å². The van der Waals surface area contributed by atoms with E-state index in [1.165, 1.54) is 36.8 Å². The van der Waals surface area contributed by atoms with Gasteiger partial charge in [-0.25, -0.2) is 4.98 Å². The Bertz CT molecular complexity index is 1220. The van der Waals surface area contributed by atoms with Crippen molar-refractivity contribution in [2.24, 2.45) is 0 Å². The third-order valence-electron chi connectivity index (χ3n) is 4.04. The lowest BCUT2D eigenvalue weighted by atomic mass is 10.3. The molecule has 0 atom stereocenters. The van der Waals surface area contributed by atoms with E-state index < -0.39 is 10.5 Å². The molecule has 4 aromatic rings. The number of ether oxygens (including phenoxy) is 1. The largest absolute Gasteiger partial charge is 0.449 e. The number of halogens is 1. The van der Waals surface area contributed by atoms with Crippen molar-refractivity contribution in [1.29, 1.82) is 0 Å². The number of nitrogens with zero attached hydrogens (tertiary/aromatic N) is 5. The number of imidazole rings is 1. The molecule has 10 heteroatoms. The molecule has 0 saturated heterocycles. The van der Waals surface area contributed by atoms with Gasteiger partial charge in [0.25, 0.3) is 5.69 Å². The van der Waals surface area contributed by atoms with Crippen LogP contribution in [-0.2, 0) is 0 Å². The average molecular weight is 454 g/mol. The molecule has 0 spiro atoms. The van der Waals surface area contributed by atoms with E-state index in [4.69, 9.17) is 4.74 Å². The van der Waals surface area contributed by atoms with Gasteiger partial charge >= 0.3 is 5.56 Å². The van der Waals surface area contributed by atoms with Gasteiger partial charge in [-0.05, 0) is 36.4 Å². The highest BCUT2D eigenvalue weighted by atomic mass is 79.9. The zero-order valence-electron chi connectivity index (χ0n) is 14.7. The van der Waals surface area contributed by atoms with E-state index in [2.05, 4.69) is 26.0 Å². The highest BCUT2D eigenvalue weighted by molar-refractivity contribution is 9.10. The van der Waals surface area contributed by atoms with Crippen molar-refractivity contribution in [3.05, 3.63) is 98.4 Å². The number of nitro benzene ring substituents is 1. The molecule has 0 bridgehead atoms. The van der Waals surface area contributed by atoms with Crippen LogP contribution in [0.1, 0.15) is 0 Å². The van der Waals surface area contributed by atoms with Crippen molar-refractivity contribution in [1.82, 2.24) is 19.3 Å². The van der Waals surface area contributed by atoms with Gasteiger partial charge < -0.3 is 9.30 Å². The van der Waals surface area contributed by atoms with Crippen LogP contribution in [0.5, 0.6) is 11.5 Å². The van der Waals surface area contributed by atoms with Crippen molar-refractivity contribution in [3.8, 4) is 22.9 Å². The number of hydrogen-bond donors (Lipinski definition) is 0. The molecule has 0 amide bonds. The summed E-state index contributed by atoms with van der Waals surface area (Å²) >= 11 is 3.36. The zero-order chi connectivity index (χ0) is 20.4. The summed E-state index contributed by atoms with van der Waals surface area (Å²) in [4.78, 5) is 27.5. The van der Waals surface area contributed by atoms with Crippen molar-refractivity contribution in [3.63, 3.8) is 0 Å². The Morgan fingerprint density at radius 3 is 2.41 bits per heavy atom. The predicted molar refractivity (Wildman–Crippen MR) is 108 cm³/mol. The number of rotatable bonds is 5. The van der Waals surface area contributed by atoms with Crippen LogP contribution in [-0.4, -0.2) is 24.3 Å². The molecule has 0 fully saturated rings. The molecule has 9 nitrogen and oxygen atoms in total. The lowest BCUT2D eigenvalue weighted by molar-refractivity contribution is -0.384. The molecule has 29 heavy (non-hydrogen) atoms. The molecule has 144 valence electrons.